The lowest BCUT2D eigenvalue weighted by atomic mass is 10.2. The summed E-state index contributed by atoms with van der Waals surface area (Å²) in [5, 5.41) is 2.06. The number of hydrogen-bond acceptors (Lipinski definition) is 5. The Morgan fingerprint density at radius 3 is 2.36 bits per heavy atom. The average Bonchev–Trinajstić information content (AvgIpc) is 3.36. The molecule has 146 valence electrons. The molecule has 0 spiro atoms. The largest absolute Gasteiger partial charge is 0.485 e. The molecule has 2 fully saturated rings. The fourth-order valence-electron chi connectivity index (χ4n) is 4.01. The second-order valence-corrected chi connectivity index (χ2v) is 8.46. The van der Waals surface area contributed by atoms with E-state index >= 15 is 0 Å². The molecule has 1 aromatic carbocycles. The van der Waals surface area contributed by atoms with E-state index in [-0.39, 0.29) is 24.3 Å². The van der Waals surface area contributed by atoms with Crippen LogP contribution in [0.1, 0.15) is 17.2 Å². The normalized spacial score (nSPS) is 26.1. The number of ether oxygens (including phenoxy) is 2. The highest BCUT2D eigenvalue weighted by molar-refractivity contribution is 7.10. The third-order valence-corrected chi connectivity index (χ3v) is 6.71. The molecular formula is C21H22N2O4S. The van der Waals surface area contributed by atoms with Gasteiger partial charge in [-0.25, -0.2) is 0 Å². The average molecular weight is 398 g/mol. The van der Waals surface area contributed by atoms with E-state index in [4.69, 9.17) is 9.47 Å². The quantitative estimate of drug-likeness (QED) is 0.797. The van der Waals surface area contributed by atoms with E-state index in [1.54, 1.807) is 16.2 Å². The monoisotopic (exact) mass is 398 g/mol. The molecule has 1 aromatic heterocycles. The molecule has 2 amide bonds. The lowest BCUT2D eigenvalue weighted by Gasteiger charge is -2.37. The van der Waals surface area contributed by atoms with Gasteiger partial charge in [0.05, 0.1) is 0 Å². The van der Waals surface area contributed by atoms with Crippen molar-refractivity contribution in [3.05, 3.63) is 46.7 Å². The molecule has 0 radical (unpaired) electrons. The Hall–Kier alpha value is -2.54. The maximum Gasteiger partial charge on any atom is 0.267 e. The number of rotatable bonds is 3. The number of piperazine rings is 1. The maximum absolute atomic E-state index is 12.8. The number of carbonyl (C=O) groups excluding carboxylic acids is 2. The van der Waals surface area contributed by atoms with Crippen LogP contribution in [0.3, 0.4) is 0 Å². The van der Waals surface area contributed by atoms with Gasteiger partial charge in [-0.05, 0) is 30.0 Å². The fraction of sp³-hybridized carbons (Fsp3) is 0.429. The Labute approximate surface area is 167 Å². The minimum absolute atomic E-state index is 0.0653. The van der Waals surface area contributed by atoms with Crippen molar-refractivity contribution in [2.45, 2.75) is 18.4 Å². The third-order valence-electron chi connectivity index (χ3n) is 5.70. The summed E-state index contributed by atoms with van der Waals surface area (Å²) in [7, 11) is 0. The molecule has 6 nitrogen and oxygen atoms in total. The topological polar surface area (TPSA) is 59.1 Å². The molecule has 1 saturated heterocycles. The van der Waals surface area contributed by atoms with Crippen molar-refractivity contribution in [2.24, 2.45) is 5.92 Å². The SMILES string of the molecule is O=C(C1COc2ccccc2O1)N1CCN(C(=O)C2CC2c2cccs2)CC1. The Bertz CT molecular complexity index is 876. The van der Waals surface area contributed by atoms with Crippen molar-refractivity contribution in [3.8, 4) is 11.5 Å². The summed E-state index contributed by atoms with van der Waals surface area (Å²) in [6.07, 6.45) is 0.328. The van der Waals surface area contributed by atoms with Gasteiger partial charge in [-0.15, -0.1) is 11.3 Å². The number of nitrogens with zero attached hydrogens (tertiary/aromatic N) is 2. The van der Waals surface area contributed by atoms with Crippen LogP contribution in [0.2, 0.25) is 0 Å². The zero-order valence-corrected chi connectivity index (χ0v) is 16.3. The fourth-order valence-corrected chi connectivity index (χ4v) is 4.92. The molecule has 3 unspecified atom stereocenters. The number of amides is 2. The summed E-state index contributed by atoms with van der Waals surface area (Å²) in [5.74, 6) is 1.95. The number of thiophene rings is 1. The molecule has 28 heavy (non-hydrogen) atoms. The highest BCUT2D eigenvalue weighted by Crippen LogP contribution is 2.50. The van der Waals surface area contributed by atoms with Crippen molar-refractivity contribution in [2.75, 3.05) is 32.8 Å². The maximum atomic E-state index is 12.8. The summed E-state index contributed by atoms with van der Waals surface area (Å²) in [6, 6.07) is 11.5. The highest BCUT2D eigenvalue weighted by atomic mass is 32.1. The van der Waals surface area contributed by atoms with E-state index in [2.05, 4.69) is 11.4 Å². The van der Waals surface area contributed by atoms with Gasteiger partial charge >= 0.3 is 0 Å². The summed E-state index contributed by atoms with van der Waals surface area (Å²) in [4.78, 5) is 30.6. The highest BCUT2D eigenvalue weighted by Gasteiger charge is 2.47. The van der Waals surface area contributed by atoms with Crippen molar-refractivity contribution in [1.82, 2.24) is 9.80 Å². The van der Waals surface area contributed by atoms with Gasteiger partial charge in [0.1, 0.15) is 6.61 Å². The smallest absolute Gasteiger partial charge is 0.267 e. The molecule has 7 heteroatoms. The Balaban J connectivity index is 1.14. The molecular weight excluding hydrogens is 376 g/mol. The summed E-state index contributed by atoms with van der Waals surface area (Å²) < 4.78 is 11.5. The zero-order valence-electron chi connectivity index (χ0n) is 15.5. The number of benzene rings is 1. The lowest BCUT2D eigenvalue weighted by Crippen LogP contribution is -2.55. The van der Waals surface area contributed by atoms with E-state index < -0.39 is 6.10 Å². The molecule has 3 aliphatic rings. The van der Waals surface area contributed by atoms with Crippen molar-refractivity contribution < 1.29 is 19.1 Å². The van der Waals surface area contributed by atoms with Gasteiger partial charge in [0, 0.05) is 42.9 Å². The summed E-state index contributed by atoms with van der Waals surface area (Å²) in [6.45, 7) is 2.48. The molecule has 5 rings (SSSR count). The first-order chi connectivity index (χ1) is 13.7. The Morgan fingerprint density at radius 2 is 1.64 bits per heavy atom. The molecule has 1 saturated carbocycles. The number of carbonyl (C=O) groups is 2. The molecule has 3 heterocycles. The van der Waals surface area contributed by atoms with Crippen molar-refractivity contribution >= 4 is 23.2 Å². The van der Waals surface area contributed by atoms with E-state index in [1.807, 2.05) is 35.2 Å². The van der Waals surface area contributed by atoms with Crippen LogP contribution in [0.4, 0.5) is 0 Å². The van der Waals surface area contributed by atoms with Gasteiger partial charge < -0.3 is 19.3 Å². The van der Waals surface area contributed by atoms with Crippen LogP contribution < -0.4 is 9.47 Å². The predicted octanol–water partition coefficient (Wildman–Crippen LogP) is 2.36. The van der Waals surface area contributed by atoms with Crippen LogP contribution in [0.15, 0.2) is 41.8 Å². The minimum Gasteiger partial charge on any atom is -0.485 e. The molecule has 1 aliphatic carbocycles. The number of para-hydroxylation sites is 2. The number of hydrogen-bond donors (Lipinski definition) is 0. The van der Waals surface area contributed by atoms with Gasteiger partial charge in [-0.2, -0.15) is 0 Å². The Morgan fingerprint density at radius 1 is 0.929 bits per heavy atom. The van der Waals surface area contributed by atoms with Gasteiger partial charge in [-0.1, -0.05) is 18.2 Å². The van der Waals surface area contributed by atoms with E-state index in [0.29, 0.717) is 43.6 Å². The minimum atomic E-state index is -0.621. The van der Waals surface area contributed by atoms with Crippen LogP contribution in [0.25, 0.3) is 0 Å². The first kappa shape index (κ1) is 17.6. The standard InChI is InChI=1S/C21H22N2O4S/c24-20(15-12-14(15)19-6-3-11-28-19)22-7-9-23(10-8-22)21(25)18-13-26-16-4-1-2-5-17(16)27-18/h1-6,11,14-15,18H,7-10,12-13H2. The third kappa shape index (κ3) is 3.24. The molecule has 3 atom stereocenters. The summed E-state index contributed by atoms with van der Waals surface area (Å²) in [5.41, 5.74) is 0. The second kappa shape index (κ2) is 7.13. The van der Waals surface area contributed by atoms with Gasteiger partial charge in [0.15, 0.2) is 11.5 Å². The van der Waals surface area contributed by atoms with Crippen molar-refractivity contribution in [1.29, 1.82) is 0 Å². The van der Waals surface area contributed by atoms with Crippen LogP contribution >= 0.6 is 11.3 Å². The zero-order chi connectivity index (χ0) is 19.1. The van der Waals surface area contributed by atoms with Crippen molar-refractivity contribution in [3.63, 3.8) is 0 Å². The summed E-state index contributed by atoms with van der Waals surface area (Å²) >= 11 is 1.73. The van der Waals surface area contributed by atoms with E-state index in [0.717, 1.165) is 6.42 Å². The molecule has 2 aliphatic heterocycles. The van der Waals surface area contributed by atoms with Crippen LogP contribution in [-0.2, 0) is 9.59 Å². The van der Waals surface area contributed by atoms with E-state index in [9.17, 15) is 9.59 Å². The first-order valence-corrected chi connectivity index (χ1v) is 10.6. The number of fused-ring (bicyclic) bond motifs is 1. The lowest BCUT2D eigenvalue weighted by molar-refractivity contribution is -0.146. The van der Waals surface area contributed by atoms with Gasteiger partial charge in [0.25, 0.3) is 5.91 Å². The molecule has 0 bridgehead atoms. The van der Waals surface area contributed by atoms with Crippen LogP contribution in [0, 0.1) is 5.92 Å². The van der Waals surface area contributed by atoms with Crippen LogP contribution in [-0.4, -0.2) is 60.5 Å². The molecule has 2 aromatic rings. The van der Waals surface area contributed by atoms with Crippen LogP contribution in [0.5, 0.6) is 11.5 Å². The van der Waals surface area contributed by atoms with Gasteiger partial charge in [-0.3, -0.25) is 9.59 Å². The van der Waals surface area contributed by atoms with Gasteiger partial charge in [0.2, 0.25) is 12.0 Å². The predicted molar refractivity (Wildman–Crippen MR) is 105 cm³/mol. The van der Waals surface area contributed by atoms with E-state index in [1.165, 1.54) is 4.88 Å². The first-order valence-electron chi connectivity index (χ1n) is 9.70. The molecule has 0 N–H and O–H groups in total. The second-order valence-electron chi connectivity index (χ2n) is 7.48. The Kier molecular flexibility index (Phi) is 4.47.